The minimum Gasteiger partial charge on any atom is -0.316 e. The molecule has 2 aliphatic rings. The first kappa shape index (κ1) is 16.3. The van der Waals surface area contributed by atoms with Gasteiger partial charge in [0.15, 0.2) is 0 Å². The lowest BCUT2D eigenvalue weighted by Crippen LogP contribution is -2.57. The van der Waals surface area contributed by atoms with Crippen molar-refractivity contribution in [3.63, 3.8) is 0 Å². The zero-order valence-corrected chi connectivity index (χ0v) is 13.4. The molecule has 2 atom stereocenters. The number of hydrogen-bond acceptors (Lipinski definition) is 4. The van der Waals surface area contributed by atoms with Gasteiger partial charge in [-0.15, -0.1) is 0 Å². The Hall–Kier alpha value is -1.55. The molecule has 1 aromatic rings. The Labute approximate surface area is 132 Å². The zero-order valence-electron chi connectivity index (χ0n) is 12.6. The minimum atomic E-state index is -3.58. The second-order valence-corrected chi connectivity index (χ2v) is 8.41. The Balaban J connectivity index is 1.84. The molecule has 23 heavy (non-hydrogen) atoms. The van der Waals surface area contributed by atoms with Crippen LogP contribution in [0.5, 0.6) is 0 Å². The molecule has 0 radical (unpaired) electrons. The third-order valence-corrected chi connectivity index (χ3v) is 6.77. The van der Waals surface area contributed by atoms with Crippen molar-refractivity contribution in [1.82, 2.24) is 18.8 Å². The summed E-state index contributed by atoms with van der Waals surface area (Å²) in [7, 11) is -3.58. The first-order valence-corrected chi connectivity index (χ1v) is 8.87. The molecule has 7 nitrogen and oxygen atoms in total. The predicted molar refractivity (Wildman–Crippen MR) is 77.7 cm³/mol. The zero-order chi connectivity index (χ0) is 16.8. The SMILES string of the molecule is CC1CCN([C@H]2CN(C(=O)n3ccnc3)CC(F)(F)C2)S1(=O)=O. The number of sulfonamides is 1. The number of hydrogen-bond donors (Lipinski definition) is 0. The third kappa shape index (κ3) is 2.97. The molecular weight excluding hydrogens is 330 g/mol. The van der Waals surface area contributed by atoms with E-state index in [1.54, 1.807) is 6.92 Å². The smallest absolute Gasteiger partial charge is 0.316 e. The van der Waals surface area contributed by atoms with Gasteiger partial charge in [-0.1, -0.05) is 0 Å². The van der Waals surface area contributed by atoms with Crippen molar-refractivity contribution in [2.24, 2.45) is 0 Å². The normalized spacial score (nSPS) is 30.5. The molecule has 1 amide bonds. The van der Waals surface area contributed by atoms with E-state index in [0.29, 0.717) is 6.42 Å². The van der Waals surface area contributed by atoms with Crippen LogP contribution in [0.15, 0.2) is 18.7 Å². The van der Waals surface area contributed by atoms with E-state index in [1.807, 2.05) is 0 Å². The lowest BCUT2D eigenvalue weighted by Gasteiger charge is -2.40. The molecule has 0 spiro atoms. The second-order valence-electron chi connectivity index (χ2n) is 6.10. The van der Waals surface area contributed by atoms with Crippen LogP contribution in [-0.2, 0) is 10.0 Å². The topological polar surface area (TPSA) is 75.5 Å². The summed E-state index contributed by atoms with van der Waals surface area (Å²) in [5.74, 6) is -3.12. The lowest BCUT2D eigenvalue weighted by molar-refractivity contribution is -0.0720. The summed E-state index contributed by atoms with van der Waals surface area (Å²) in [6, 6.07) is -1.53. The van der Waals surface area contributed by atoms with Gasteiger partial charge in [0.05, 0.1) is 11.8 Å². The van der Waals surface area contributed by atoms with E-state index in [4.69, 9.17) is 0 Å². The summed E-state index contributed by atoms with van der Waals surface area (Å²) in [5.41, 5.74) is 0. The lowest BCUT2D eigenvalue weighted by atomic mass is 10.0. The Morgan fingerprint density at radius 3 is 2.70 bits per heavy atom. The van der Waals surface area contributed by atoms with E-state index in [-0.39, 0.29) is 13.1 Å². The number of piperidine rings is 1. The van der Waals surface area contributed by atoms with Crippen LogP contribution in [0, 0.1) is 0 Å². The number of nitrogens with zero attached hydrogens (tertiary/aromatic N) is 4. The highest BCUT2D eigenvalue weighted by molar-refractivity contribution is 7.90. The van der Waals surface area contributed by atoms with Crippen LogP contribution in [-0.4, -0.2) is 70.1 Å². The van der Waals surface area contributed by atoms with Gasteiger partial charge in [-0.25, -0.2) is 27.0 Å². The fourth-order valence-corrected chi connectivity index (χ4v) is 4.94. The number of halogens is 2. The van der Waals surface area contributed by atoms with Crippen molar-refractivity contribution >= 4 is 16.1 Å². The van der Waals surface area contributed by atoms with Gasteiger partial charge in [0, 0.05) is 37.9 Å². The Morgan fingerprint density at radius 1 is 1.39 bits per heavy atom. The number of alkyl halides is 2. The number of rotatable bonds is 1. The van der Waals surface area contributed by atoms with Crippen molar-refractivity contribution in [3.05, 3.63) is 18.7 Å². The summed E-state index contributed by atoms with van der Waals surface area (Å²) in [6.07, 6.45) is 3.84. The average Bonchev–Trinajstić information content (AvgIpc) is 3.06. The highest BCUT2D eigenvalue weighted by atomic mass is 32.2. The third-order valence-electron chi connectivity index (χ3n) is 4.38. The number of carbonyl (C=O) groups is 1. The van der Waals surface area contributed by atoms with Gasteiger partial charge in [0.25, 0.3) is 5.92 Å². The van der Waals surface area contributed by atoms with Crippen LogP contribution in [0.25, 0.3) is 0 Å². The molecule has 3 heterocycles. The van der Waals surface area contributed by atoms with Gasteiger partial charge in [-0.3, -0.25) is 4.57 Å². The van der Waals surface area contributed by atoms with Crippen LogP contribution in [0.1, 0.15) is 19.8 Å². The molecular formula is C13H18F2N4O3S. The molecule has 2 aliphatic heterocycles. The van der Waals surface area contributed by atoms with E-state index in [2.05, 4.69) is 4.98 Å². The Bertz CT molecular complexity index is 692. The monoisotopic (exact) mass is 348 g/mol. The molecule has 0 aliphatic carbocycles. The molecule has 10 heteroatoms. The number of carbonyl (C=O) groups excluding carboxylic acids is 1. The van der Waals surface area contributed by atoms with E-state index in [0.717, 1.165) is 13.8 Å². The van der Waals surface area contributed by atoms with E-state index >= 15 is 0 Å². The van der Waals surface area contributed by atoms with Gasteiger partial charge in [0.2, 0.25) is 10.0 Å². The second kappa shape index (κ2) is 5.52. The van der Waals surface area contributed by atoms with Gasteiger partial charge in [-0.2, -0.15) is 4.31 Å². The number of likely N-dealkylation sites (tertiary alicyclic amines) is 1. The Morgan fingerprint density at radius 2 is 2.13 bits per heavy atom. The van der Waals surface area contributed by atoms with Crippen molar-refractivity contribution in [2.45, 2.75) is 37.0 Å². The van der Waals surface area contributed by atoms with E-state index in [1.165, 1.54) is 18.7 Å². The number of imidazole rings is 1. The predicted octanol–water partition coefficient (Wildman–Crippen LogP) is 0.985. The molecule has 3 rings (SSSR count). The van der Waals surface area contributed by atoms with Crippen LogP contribution >= 0.6 is 0 Å². The average molecular weight is 348 g/mol. The van der Waals surface area contributed by atoms with Gasteiger partial charge in [0.1, 0.15) is 6.33 Å². The highest BCUT2D eigenvalue weighted by Crippen LogP contribution is 2.34. The number of amides is 1. The molecule has 128 valence electrons. The Kier molecular flexibility index (Phi) is 3.91. The molecule has 0 bridgehead atoms. The van der Waals surface area contributed by atoms with Crippen molar-refractivity contribution in [1.29, 1.82) is 0 Å². The molecule has 1 unspecified atom stereocenters. The van der Waals surface area contributed by atoms with E-state index < -0.39 is 46.2 Å². The molecule has 0 N–H and O–H groups in total. The summed E-state index contributed by atoms with van der Waals surface area (Å²) in [6.45, 7) is 1.03. The van der Waals surface area contributed by atoms with Crippen LogP contribution < -0.4 is 0 Å². The summed E-state index contributed by atoms with van der Waals surface area (Å²) >= 11 is 0. The molecule has 0 aromatic carbocycles. The standard InChI is InChI=1S/C13H18F2N4O3S/c1-10-2-4-19(23(10,21)22)11-6-13(14,15)8-18(7-11)12(20)17-5-3-16-9-17/h3,5,9-11H,2,4,6-8H2,1H3/t10?,11-/m1/s1. The maximum atomic E-state index is 14.1. The number of aromatic nitrogens is 2. The molecule has 2 saturated heterocycles. The van der Waals surface area contributed by atoms with E-state index in [9.17, 15) is 22.0 Å². The van der Waals surface area contributed by atoms with Crippen LogP contribution in [0.2, 0.25) is 0 Å². The first-order valence-electron chi connectivity index (χ1n) is 7.36. The summed E-state index contributed by atoms with van der Waals surface area (Å²) in [4.78, 5) is 17.0. The highest BCUT2D eigenvalue weighted by Gasteiger charge is 2.49. The summed E-state index contributed by atoms with van der Waals surface area (Å²) in [5, 5.41) is -0.573. The maximum absolute atomic E-state index is 14.1. The maximum Gasteiger partial charge on any atom is 0.329 e. The fraction of sp³-hybridized carbons (Fsp3) is 0.692. The van der Waals surface area contributed by atoms with Crippen molar-refractivity contribution in [3.8, 4) is 0 Å². The minimum absolute atomic E-state index is 0.0431. The van der Waals surface area contributed by atoms with Crippen molar-refractivity contribution in [2.75, 3.05) is 19.6 Å². The molecule has 1 aromatic heterocycles. The quantitative estimate of drug-likeness (QED) is 0.758. The fourth-order valence-electron chi connectivity index (χ4n) is 3.15. The van der Waals surface area contributed by atoms with Gasteiger partial charge in [-0.05, 0) is 13.3 Å². The largest absolute Gasteiger partial charge is 0.329 e. The van der Waals surface area contributed by atoms with Crippen molar-refractivity contribution < 1.29 is 22.0 Å². The summed E-state index contributed by atoms with van der Waals surface area (Å²) < 4.78 is 54.9. The molecule has 0 saturated carbocycles. The van der Waals surface area contributed by atoms with Gasteiger partial charge >= 0.3 is 6.03 Å². The molecule has 2 fully saturated rings. The first-order chi connectivity index (χ1) is 10.7. The van der Waals surface area contributed by atoms with Gasteiger partial charge < -0.3 is 4.90 Å². The van der Waals surface area contributed by atoms with Crippen LogP contribution in [0.3, 0.4) is 0 Å². The van der Waals surface area contributed by atoms with Crippen LogP contribution in [0.4, 0.5) is 13.6 Å².